The zero-order valence-corrected chi connectivity index (χ0v) is 14.3. The first-order valence-corrected chi connectivity index (χ1v) is 8.67. The second-order valence-corrected chi connectivity index (χ2v) is 7.60. The highest BCUT2D eigenvalue weighted by Gasteiger charge is 2.52. The maximum absolute atomic E-state index is 12.0. The molecule has 0 amide bonds. The average Bonchev–Trinajstić information content (AvgIpc) is 2.94. The number of rotatable bonds is 2. The van der Waals surface area contributed by atoms with E-state index in [1.54, 1.807) is 0 Å². The minimum Gasteiger partial charge on any atom is -0.490 e. The van der Waals surface area contributed by atoms with Crippen LogP contribution in [0.15, 0.2) is 4.47 Å². The van der Waals surface area contributed by atoms with E-state index in [0.29, 0.717) is 12.8 Å². The predicted molar refractivity (Wildman–Crippen MR) is 84.9 cm³/mol. The Morgan fingerprint density at radius 3 is 2.27 bits per heavy atom. The van der Waals surface area contributed by atoms with Gasteiger partial charge >= 0.3 is 5.97 Å². The van der Waals surface area contributed by atoms with Crippen molar-refractivity contribution in [1.82, 2.24) is 0 Å². The minimum atomic E-state index is -0.785. The molecular formula is C17H19BrO4. The van der Waals surface area contributed by atoms with E-state index >= 15 is 0 Å². The second kappa shape index (κ2) is 4.63. The maximum Gasteiger partial charge on any atom is 0.314 e. The second-order valence-electron chi connectivity index (χ2n) is 6.81. The number of carboxylic acid groups (broad SMARTS) is 1. The molecule has 1 aromatic rings. The monoisotopic (exact) mass is 366 g/mol. The highest BCUT2D eigenvalue weighted by atomic mass is 79.9. The lowest BCUT2D eigenvalue weighted by Crippen LogP contribution is -2.43. The normalized spacial score (nSPS) is 27.4. The van der Waals surface area contributed by atoms with Crippen LogP contribution < -0.4 is 9.47 Å². The fourth-order valence-corrected chi connectivity index (χ4v) is 4.74. The number of fused-ring (bicyclic) bond motifs is 2. The molecule has 0 saturated heterocycles. The van der Waals surface area contributed by atoms with Gasteiger partial charge in [-0.2, -0.15) is 0 Å². The van der Waals surface area contributed by atoms with Crippen LogP contribution in [-0.2, 0) is 23.1 Å². The van der Waals surface area contributed by atoms with Gasteiger partial charge in [0.15, 0.2) is 0 Å². The third kappa shape index (κ3) is 1.72. The van der Waals surface area contributed by atoms with E-state index in [1.165, 1.54) is 0 Å². The van der Waals surface area contributed by atoms with E-state index in [4.69, 9.17) is 9.47 Å². The Morgan fingerprint density at radius 1 is 1.14 bits per heavy atom. The van der Waals surface area contributed by atoms with E-state index in [-0.39, 0.29) is 12.2 Å². The largest absolute Gasteiger partial charge is 0.490 e. The van der Waals surface area contributed by atoms with Gasteiger partial charge in [0.2, 0.25) is 0 Å². The van der Waals surface area contributed by atoms with Crippen LogP contribution in [0.5, 0.6) is 11.5 Å². The molecule has 118 valence electrons. The third-order valence-corrected chi connectivity index (χ3v) is 6.10. The molecule has 0 radical (unpaired) electrons. The first-order chi connectivity index (χ1) is 10.4. The summed E-state index contributed by atoms with van der Waals surface area (Å²) in [4.78, 5) is 12.0. The number of aliphatic carboxylic acids is 1. The third-order valence-electron chi connectivity index (χ3n) is 5.26. The van der Waals surface area contributed by atoms with Crippen LogP contribution in [0.3, 0.4) is 0 Å². The average molecular weight is 367 g/mol. The SMILES string of the molecule is CC1Cc2c(c(Br)c3c(c2C2(C(=O)O)CCC2)OC(C)C3)O1. The van der Waals surface area contributed by atoms with E-state index in [1.807, 2.05) is 13.8 Å². The minimum absolute atomic E-state index is 0.0796. The molecule has 0 aromatic heterocycles. The molecule has 1 aromatic carbocycles. The number of carboxylic acids is 1. The summed E-state index contributed by atoms with van der Waals surface area (Å²) in [7, 11) is 0. The van der Waals surface area contributed by atoms with Gasteiger partial charge in [0.25, 0.3) is 0 Å². The molecule has 4 nitrogen and oxygen atoms in total. The van der Waals surface area contributed by atoms with Crippen molar-refractivity contribution in [2.24, 2.45) is 0 Å². The Labute approximate surface area is 137 Å². The molecule has 4 rings (SSSR count). The number of hydrogen-bond acceptors (Lipinski definition) is 3. The van der Waals surface area contributed by atoms with Crippen molar-refractivity contribution >= 4 is 21.9 Å². The summed E-state index contributed by atoms with van der Waals surface area (Å²) in [5, 5.41) is 9.89. The fourth-order valence-electron chi connectivity index (χ4n) is 4.07. The molecule has 2 aliphatic heterocycles. The van der Waals surface area contributed by atoms with Crippen LogP contribution in [0.4, 0.5) is 0 Å². The highest BCUT2D eigenvalue weighted by Crippen LogP contribution is 2.57. The summed E-state index contributed by atoms with van der Waals surface area (Å²) in [6.07, 6.45) is 4.04. The maximum atomic E-state index is 12.0. The lowest BCUT2D eigenvalue weighted by Gasteiger charge is -2.40. The Hall–Kier alpha value is -1.23. The lowest BCUT2D eigenvalue weighted by atomic mass is 9.62. The molecule has 2 unspecified atom stereocenters. The van der Waals surface area contributed by atoms with Gasteiger partial charge in [-0.25, -0.2) is 0 Å². The summed E-state index contributed by atoms with van der Waals surface area (Å²) in [6.45, 7) is 4.05. The predicted octanol–water partition coefficient (Wildman–Crippen LogP) is 3.60. The van der Waals surface area contributed by atoms with Crippen molar-refractivity contribution in [3.05, 3.63) is 21.2 Å². The van der Waals surface area contributed by atoms with E-state index < -0.39 is 11.4 Å². The van der Waals surface area contributed by atoms with E-state index in [9.17, 15) is 9.90 Å². The van der Waals surface area contributed by atoms with Gasteiger partial charge < -0.3 is 14.6 Å². The molecule has 0 spiro atoms. The summed E-state index contributed by atoms with van der Waals surface area (Å²) < 4.78 is 13.0. The number of carbonyl (C=O) groups is 1. The molecular weight excluding hydrogens is 348 g/mol. The molecule has 22 heavy (non-hydrogen) atoms. The van der Waals surface area contributed by atoms with Crippen LogP contribution >= 0.6 is 15.9 Å². The summed E-state index contributed by atoms with van der Waals surface area (Å²) >= 11 is 3.66. The van der Waals surface area contributed by atoms with E-state index in [0.717, 1.165) is 51.9 Å². The number of benzene rings is 1. The topological polar surface area (TPSA) is 55.8 Å². The summed E-state index contributed by atoms with van der Waals surface area (Å²) in [5.74, 6) is 0.914. The zero-order chi connectivity index (χ0) is 15.6. The van der Waals surface area contributed by atoms with Crippen molar-refractivity contribution in [3.8, 4) is 11.5 Å². The fraction of sp³-hybridized carbons (Fsp3) is 0.588. The lowest BCUT2D eigenvalue weighted by molar-refractivity contribution is -0.147. The number of halogens is 1. The molecule has 0 bridgehead atoms. The molecule has 1 N–H and O–H groups in total. The van der Waals surface area contributed by atoms with Gasteiger partial charge in [0.1, 0.15) is 23.7 Å². The molecule has 1 fully saturated rings. The van der Waals surface area contributed by atoms with Gasteiger partial charge in [0.05, 0.1) is 9.89 Å². The Kier molecular flexibility index (Phi) is 3.03. The molecule has 5 heteroatoms. The van der Waals surface area contributed by atoms with Crippen LogP contribution in [0.25, 0.3) is 0 Å². The van der Waals surface area contributed by atoms with Crippen molar-refractivity contribution in [2.45, 2.75) is 63.6 Å². The molecule has 1 saturated carbocycles. The van der Waals surface area contributed by atoms with Gasteiger partial charge in [-0.05, 0) is 42.6 Å². The Morgan fingerprint density at radius 2 is 1.73 bits per heavy atom. The van der Waals surface area contributed by atoms with Crippen molar-refractivity contribution < 1.29 is 19.4 Å². The van der Waals surface area contributed by atoms with Crippen molar-refractivity contribution in [2.75, 3.05) is 0 Å². The highest BCUT2D eigenvalue weighted by molar-refractivity contribution is 9.10. The van der Waals surface area contributed by atoms with Gasteiger partial charge in [0, 0.05) is 29.5 Å². The van der Waals surface area contributed by atoms with Crippen LogP contribution in [0.1, 0.15) is 49.8 Å². The molecule has 2 atom stereocenters. The van der Waals surface area contributed by atoms with Gasteiger partial charge in [-0.3, -0.25) is 4.79 Å². The van der Waals surface area contributed by atoms with Crippen LogP contribution in [-0.4, -0.2) is 23.3 Å². The molecule has 1 aliphatic carbocycles. The number of ether oxygens (including phenoxy) is 2. The zero-order valence-electron chi connectivity index (χ0n) is 12.7. The first-order valence-electron chi connectivity index (χ1n) is 7.88. The Bertz CT molecular complexity index is 639. The van der Waals surface area contributed by atoms with E-state index in [2.05, 4.69) is 15.9 Å². The van der Waals surface area contributed by atoms with Crippen LogP contribution in [0.2, 0.25) is 0 Å². The smallest absolute Gasteiger partial charge is 0.314 e. The standard InChI is InChI=1S/C17H19BrO4/c1-8-6-10-12(17(16(19)20)4-3-5-17)14-11(7-9(2)21-14)13(18)15(10)22-8/h8-9H,3-7H2,1-2H3,(H,19,20). The van der Waals surface area contributed by atoms with Gasteiger partial charge in [-0.1, -0.05) is 6.42 Å². The first kappa shape index (κ1) is 14.4. The van der Waals surface area contributed by atoms with Crippen LogP contribution in [0, 0.1) is 0 Å². The quantitative estimate of drug-likeness (QED) is 0.868. The van der Waals surface area contributed by atoms with Crippen molar-refractivity contribution in [1.29, 1.82) is 0 Å². The van der Waals surface area contributed by atoms with Crippen molar-refractivity contribution in [3.63, 3.8) is 0 Å². The Balaban J connectivity index is 2.01. The number of hydrogen-bond donors (Lipinski definition) is 1. The molecule has 2 heterocycles. The molecule has 3 aliphatic rings. The van der Waals surface area contributed by atoms with Gasteiger partial charge in [-0.15, -0.1) is 0 Å². The summed E-state index contributed by atoms with van der Waals surface area (Å²) in [5.41, 5.74) is 2.22. The summed E-state index contributed by atoms with van der Waals surface area (Å²) in [6, 6.07) is 0.